The number of rotatable bonds is 5. The van der Waals surface area contributed by atoms with E-state index in [9.17, 15) is 18.0 Å². The highest BCUT2D eigenvalue weighted by Gasteiger charge is 2.19. The van der Waals surface area contributed by atoms with Crippen LogP contribution in [0.4, 0.5) is 0 Å². The third-order valence-corrected chi connectivity index (χ3v) is 7.75. The third kappa shape index (κ3) is 5.46. The molecule has 0 aliphatic heterocycles. The number of hydrogen-bond donors (Lipinski definition) is 2. The average Bonchev–Trinajstić information content (AvgIpc) is 3.68. The molecule has 43 heavy (non-hydrogen) atoms. The van der Waals surface area contributed by atoms with Crippen LogP contribution in [0.2, 0.25) is 0 Å². The Morgan fingerprint density at radius 3 is 1.60 bits per heavy atom. The van der Waals surface area contributed by atoms with Gasteiger partial charge in [0.15, 0.2) is 0 Å². The van der Waals surface area contributed by atoms with Gasteiger partial charge in [-0.3, -0.25) is 18.7 Å². The Hall–Kier alpha value is -5.05. The van der Waals surface area contributed by atoms with Crippen LogP contribution < -0.4 is 11.1 Å². The van der Waals surface area contributed by atoms with E-state index in [1.807, 2.05) is 26.8 Å². The molecular weight excluding hydrogens is 572 g/mol. The molecule has 0 fully saturated rings. The van der Waals surface area contributed by atoms with Crippen LogP contribution in [0.15, 0.2) is 51.9 Å². The molecule has 0 aromatic carbocycles. The molecule has 6 rings (SSSR count). The smallest absolute Gasteiger partial charge is 0.261 e. The Labute approximate surface area is 245 Å². The summed E-state index contributed by atoms with van der Waals surface area (Å²) in [7, 11) is -3.56. The van der Waals surface area contributed by atoms with E-state index in [-0.39, 0.29) is 16.3 Å². The summed E-state index contributed by atoms with van der Waals surface area (Å²) in [5.74, 6) is 0.672. The zero-order valence-corrected chi connectivity index (χ0v) is 25.3. The lowest BCUT2D eigenvalue weighted by atomic mass is 10.1. The summed E-state index contributed by atoms with van der Waals surface area (Å²) in [6, 6.07) is 3.50. The zero-order valence-electron chi connectivity index (χ0n) is 24.5. The van der Waals surface area contributed by atoms with Gasteiger partial charge in [-0.2, -0.15) is 4.98 Å². The second-order valence-electron chi connectivity index (χ2n) is 9.84. The minimum absolute atomic E-state index is 0.0678. The van der Waals surface area contributed by atoms with Crippen LogP contribution >= 0.6 is 0 Å². The number of nitrogens with zero attached hydrogens (tertiary/aromatic N) is 8. The van der Waals surface area contributed by atoms with Gasteiger partial charge < -0.3 is 9.97 Å². The molecule has 6 heterocycles. The molecule has 0 amide bonds. The van der Waals surface area contributed by atoms with Crippen molar-refractivity contribution < 1.29 is 8.42 Å². The zero-order chi connectivity index (χ0) is 31.1. The standard InChI is InChI=1S/C14H15N5O3S.C14H15N5O/c1-4-19-12-9(8(2)17-14(18-12)23(3,21)22)5-10(13(19)20)11-6-15-7-16-11;1-4-19-13-10(8(2)17-9(3)18-13)5-11(14(19)20)12-6-15-7-16-12/h5-7H,4H2,1-3H3,(H,15,16);5-7H,4H2,1-3H3,(H,15,16). The molecule has 0 spiro atoms. The van der Waals surface area contributed by atoms with E-state index in [1.165, 1.54) is 10.9 Å². The van der Waals surface area contributed by atoms with Gasteiger partial charge in [0.05, 0.1) is 59.0 Å². The molecule has 0 saturated carbocycles. The van der Waals surface area contributed by atoms with Crippen molar-refractivity contribution >= 4 is 31.9 Å². The minimum atomic E-state index is -3.56. The molecule has 0 saturated heterocycles. The lowest BCUT2D eigenvalue weighted by Gasteiger charge is -2.12. The maximum atomic E-state index is 12.7. The number of fused-ring (bicyclic) bond motifs is 2. The third-order valence-electron chi connectivity index (χ3n) is 6.90. The first-order valence-corrected chi connectivity index (χ1v) is 15.3. The summed E-state index contributed by atoms with van der Waals surface area (Å²) >= 11 is 0. The van der Waals surface area contributed by atoms with Gasteiger partial charge in [0.25, 0.3) is 11.1 Å². The van der Waals surface area contributed by atoms with Gasteiger partial charge in [-0.05, 0) is 46.8 Å². The van der Waals surface area contributed by atoms with E-state index < -0.39 is 9.84 Å². The quantitative estimate of drug-likeness (QED) is 0.278. The van der Waals surface area contributed by atoms with Gasteiger partial charge in [-0.1, -0.05) is 0 Å². The number of aromatic nitrogens is 10. The van der Waals surface area contributed by atoms with E-state index in [0.717, 1.165) is 17.3 Å². The molecule has 0 radical (unpaired) electrons. The van der Waals surface area contributed by atoms with Gasteiger partial charge in [0.1, 0.15) is 17.1 Å². The lowest BCUT2D eigenvalue weighted by Crippen LogP contribution is -2.23. The van der Waals surface area contributed by atoms with Crippen LogP contribution in [0.1, 0.15) is 31.1 Å². The second kappa shape index (κ2) is 11.3. The number of nitrogens with one attached hydrogen (secondary N) is 2. The minimum Gasteiger partial charge on any atom is -0.344 e. The summed E-state index contributed by atoms with van der Waals surface area (Å²) in [6.45, 7) is 10.1. The number of aryl methyl sites for hydroxylation is 5. The summed E-state index contributed by atoms with van der Waals surface area (Å²) in [4.78, 5) is 56.0. The molecule has 0 unspecified atom stereocenters. The molecule has 222 valence electrons. The topological polar surface area (TPSA) is 187 Å². The number of imidazole rings is 2. The number of sulfone groups is 1. The van der Waals surface area contributed by atoms with Crippen molar-refractivity contribution in [3.05, 3.63) is 75.1 Å². The molecule has 0 atom stereocenters. The predicted molar refractivity (Wildman–Crippen MR) is 161 cm³/mol. The van der Waals surface area contributed by atoms with Crippen LogP contribution in [0.3, 0.4) is 0 Å². The Balaban J connectivity index is 0.000000173. The average molecular weight is 603 g/mol. The Bertz CT molecular complexity index is 2200. The van der Waals surface area contributed by atoms with Gasteiger partial charge in [0, 0.05) is 30.1 Å². The van der Waals surface area contributed by atoms with Crippen LogP contribution in [-0.4, -0.2) is 63.7 Å². The maximum absolute atomic E-state index is 12.7. The normalized spacial score (nSPS) is 11.6. The molecule has 6 aromatic heterocycles. The number of pyridine rings is 2. The fourth-order valence-electron chi connectivity index (χ4n) is 4.83. The lowest BCUT2D eigenvalue weighted by molar-refractivity contribution is 0.592. The highest BCUT2D eigenvalue weighted by Crippen LogP contribution is 2.22. The molecular formula is C28H30N10O4S. The van der Waals surface area contributed by atoms with Gasteiger partial charge in [-0.15, -0.1) is 0 Å². The molecule has 2 N–H and O–H groups in total. The van der Waals surface area contributed by atoms with Crippen molar-refractivity contribution in [2.75, 3.05) is 6.26 Å². The highest BCUT2D eigenvalue weighted by molar-refractivity contribution is 7.90. The Kier molecular flexibility index (Phi) is 7.75. The monoisotopic (exact) mass is 602 g/mol. The van der Waals surface area contributed by atoms with Crippen LogP contribution in [0, 0.1) is 20.8 Å². The molecule has 15 heteroatoms. The SMILES string of the molecule is CCn1c(=O)c(-c2cnc[nH]2)cc2c(C)nc(C)nc21.CCn1c(=O)c(-c2cnc[nH]2)cc2c(C)nc(S(C)(=O)=O)nc21. The number of H-pyrrole nitrogens is 2. The summed E-state index contributed by atoms with van der Waals surface area (Å²) < 4.78 is 26.6. The Morgan fingerprint density at radius 1 is 0.721 bits per heavy atom. The molecule has 0 aliphatic rings. The maximum Gasteiger partial charge on any atom is 0.261 e. The van der Waals surface area contributed by atoms with Gasteiger partial charge >= 0.3 is 0 Å². The number of aromatic amines is 2. The summed E-state index contributed by atoms with van der Waals surface area (Å²) in [6.07, 6.45) is 7.30. The van der Waals surface area contributed by atoms with Crippen LogP contribution in [-0.2, 0) is 22.9 Å². The van der Waals surface area contributed by atoms with Crippen molar-refractivity contribution in [1.82, 2.24) is 49.0 Å². The van der Waals surface area contributed by atoms with Crippen molar-refractivity contribution in [2.24, 2.45) is 0 Å². The van der Waals surface area contributed by atoms with Crippen molar-refractivity contribution in [3.8, 4) is 22.5 Å². The first-order valence-electron chi connectivity index (χ1n) is 13.4. The highest BCUT2D eigenvalue weighted by atomic mass is 32.2. The van der Waals surface area contributed by atoms with Gasteiger partial charge in [-0.25, -0.2) is 33.3 Å². The van der Waals surface area contributed by atoms with Gasteiger partial charge in [0.2, 0.25) is 15.0 Å². The van der Waals surface area contributed by atoms with Crippen molar-refractivity contribution in [3.63, 3.8) is 0 Å². The fourth-order valence-corrected chi connectivity index (χ4v) is 5.39. The fraction of sp³-hybridized carbons (Fsp3) is 0.286. The predicted octanol–water partition coefficient (Wildman–Crippen LogP) is 2.73. The largest absolute Gasteiger partial charge is 0.344 e. The molecule has 0 bridgehead atoms. The van der Waals surface area contributed by atoms with E-state index in [2.05, 4.69) is 39.9 Å². The first-order chi connectivity index (χ1) is 20.4. The van der Waals surface area contributed by atoms with E-state index in [1.54, 1.807) is 43.2 Å². The van der Waals surface area contributed by atoms with Crippen LogP contribution in [0.25, 0.3) is 44.6 Å². The summed E-state index contributed by atoms with van der Waals surface area (Å²) in [5, 5.41) is 1.24. The first kappa shape index (κ1) is 29.4. The Morgan fingerprint density at radius 2 is 1.19 bits per heavy atom. The van der Waals surface area contributed by atoms with Crippen molar-refractivity contribution in [1.29, 1.82) is 0 Å². The second-order valence-corrected chi connectivity index (χ2v) is 11.7. The van der Waals surface area contributed by atoms with E-state index in [4.69, 9.17) is 0 Å². The van der Waals surface area contributed by atoms with E-state index >= 15 is 0 Å². The molecule has 6 aromatic rings. The molecule has 0 aliphatic carbocycles. The number of hydrogen-bond acceptors (Lipinski definition) is 10. The van der Waals surface area contributed by atoms with Crippen molar-refractivity contribution in [2.45, 2.75) is 52.9 Å². The van der Waals surface area contributed by atoms with E-state index in [0.29, 0.717) is 63.8 Å². The molecule has 14 nitrogen and oxygen atoms in total. The van der Waals surface area contributed by atoms with Crippen LogP contribution in [0.5, 0.6) is 0 Å². The summed E-state index contributed by atoms with van der Waals surface area (Å²) in [5.41, 5.74) is 4.37.